The molecule has 0 aliphatic heterocycles. The molecule has 0 fully saturated rings. The highest BCUT2D eigenvalue weighted by atomic mass is 15.3. The summed E-state index contributed by atoms with van der Waals surface area (Å²) in [5.74, 6) is 0.683. The maximum absolute atomic E-state index is 4.72. The van der Waals surface area contributed by atoms with Crippen molar-refractivity contribution in [1.29, 1.82) is 0 Å². The van der Waals surface area contributed by atoms with Gasteiger partial charge in [0.1, 0.15) is 6.33 Å². The first-order valence-corrected chi connectivity index (χ1v) is 8.42. The Kier molecular flexibility index (Phi) is 3.12. The number of benzene rings is 2. The molecule has 0 amide bonds. The van der Waals surface area contributed by atoms with E-state index in [2.05, 4.69) is 53.3 Å². The van der Waals surface area contributed by atoms with Crippen LogP contribution in [0.25, 0.3) is 33.8 Å². The van der Waals surface area contributed by atoms with Crippen LogP contribution in [0.15, 0.2) is 61.1 Å². The summed E-state index contributed by atoms with van der Waals surface area (Å²) in [6.07, 6.45) is 3.49. The van der Waals surface area contributed by atoms with E-state index in [0.717, 1.165) is 27.9 Å². The number of hydrogen-bond acceptors (Lipinski definition) is 4. The van der Waals surface area contributed by atoms with Crippen LogP contribution in [-0.4, -0.2) is 29.4 Å². The van der Waals surface area contributed by atoms with E-state index in [1.54, 1.807) is 17.0 Å². The first kappa shape index (κ1) is 14.8. The topological polar surface area (TPSA) is 60.9 Å². The van der Waals surface area contributed by atoms with Crippen LogP contribution < -0.4 is 0 Å². The highest BCUT2D eigenvalue weighted by molar-refractivity contribution is 5.89. The average Bonchev–Trinajstić information content (AvgIpc) is 3.26. The van der Waals surface area contributed by atoms with Crippen molar-refractivity contribution in [1.82, 2.24) is 29.4 Å². The Morgan fingerprint density at radius 3 is 2.23 bits per heavy atom. The molecule has 2 aromatic carbocycles. The summed E-state index contributed by atoms with van der Waals surface area (Å²) in [5.41, 5.74) is 5.90. The largest absolute Gasteiger partial charge is 0.216 e. The molecule has 5 aromatic rings. The molecule has 0 aliphatic rings. The molecule has 0 bridgehead atoms. The van der Waals surface area contributed by atoms with Crippen LogP contribution >= 0.6 is 0 Å². The summed E-state index contributed by atoms with van der Waals surface area (Å²) in [4.78, 5) is 9.27. The summed E-state index contributed by atoms with van der Waals surface area (Å²) < 4.78 is 3.54. The second kappa shape index (κ2) is 5.49. The van der Waals surface area contributed by atoms with Gasteiger partial charge in [-0.3, -0.25) is 0 Å². The zero-order valence-corrected chi connectivity index (χ0v) is 14.5. The van der Waals surface area contributed by atoms with Gasteiger partial charge in [-0.15, -0.1) is 5.10 Å². The molecule has 3 heterocycles. The van der Waals surface area contributed by atoms with Gasteiger partial charge in [-0.25, -0.2) is 19.2 Å². The van der Waals surface area contributed by atoms with Crippen molar-refractivity contribution in [2.75, 3.05) is 0 Å². The summed E-state index contributed by atoms with van der Waals surface area (Å²) in [5, 5.41) is 9.95. The van der Waals surface area contributed by atoms with Crippen molar-refractivity contribution in [3.8, 4) is 17.1 Å². The number of fused-ring (bicyclic) bond motifs is 3. The lowest BCUT2D eigenvalue weighted by Gasteiger charge is -2.03. The van der Waals surface area contributed by atoms with Crippen LogP contribution in [-0.2, 0) is 0 Å². The predicted molar refractivity (Wildman–Crippen MR) is 100 cm³/mol. The van der Waals surface area contributed by atoms with E-state index in [9.17, 15) is 0 Å². The van der Waals surface area contributed by atoms with Crippen molar-refractivity contribution in [3.63, 3.8) is 0 Å². The van der Waals surface area contributed by atoms with Gasteiger partial charge in [-0.05, 0) is 26.0 Å². The molecule has 0 unspecified atom stereocenters. The number of hydrogen-bond donors (Lipinski definition) is 0. The van der Waals surface area contributed by atoms with Crippen molar-refractivity contribution in [2.24, 2.45) is 0 Å². The van der Waals surface area contributed by atoms with Gasteiger partial charge in [0, 0.05) is 5.56 Å². The molecular weight excluding hydrogens is 324 g/mol. The van der Waals surface area contributed by atoms with Gasteiger partial charge < -0.3 is 0 Å². The Morgan fingerprint density at radius 2 is 1.50 bits per heavy atom. The third kappa shape index (κ3) is 2.27. The quantitative estimate of drug-likeness (QED) is 0.491. The SMILES string of the molecule is Cc1ccc(-c2nc3c4cnn(-c5ccc(C)cc5)c4ncn3n2)cc1. The lowest BCUT2D eigenvalue weighted by atomic mass is 10.1. The van der Waals surface area contributed by atoms with Gasteiger partial charge in [0.15, 0.2) is 17.1 Å². The Labute approximate surface area is 149 Å². The van der Waals surface area contributed by atoms with E-state index in [1.165, 1.54) is 11.1 Å². The van der Waals surface area contributed by atoms with Crippen LogP contribution in [0.3, 0.4) is 0 Å². The third-order valence-electron chi connectivity index (χ3n) is 4.49. The minimum Gasteiger partial charge on any atom is -0.216 e. The van der Waals surface area contributed by atoms with Gasteiger partial charge in [0.2, 0.25) is 0 Å². The molecule has 26 heavy (non-hydrogen) atoms. The van der Waals surface area contributed by atoms with E-state index in [0.29, 0.717) is 5.82 Å². The molecular formula is C20H16N6. The van der Waals surface area contributed by atoms with E-state index in [1.807, 2.05) is 28.9 Å². The average molecular weight is 340 g/mol. The molecule has 0 radical (unpaired) electrons. The molecule has 0 N–H and O–H groups in total. The molecule has 6 nitrogen and oxygen atoms in total. The van der Waals surface area contributed by atoms with Crippen LogP contribution in [0.1, 0.15) is 11.1 Å². The summed E-state index contributed by atoms with van der Waals surface area (Å²) >= 11 is 0. The summed E-state index contributed by atoms with van der Waals surface area (Å²) in [6.45, 7) is 4.13. The Balaban J connectivity index is 1.68. The zero-order valence-electron chi connectivity index (χ0n) is 14.5. The van der Waals surface area contributed by atoms with E-state index >= 15 is 0 Å². The molecule has 5 rings (SSSR count). The second-order valence-electron chi connectivity index (χ2n) is 6.44. The Hall–Kier alpha value is -3.54. The van der Waals surface area contributed by atoms with Crippen molar-refractivity contribution >= 4 is 16.7 Å². The number of rotatable bonds is 2. The lowest BCUT2D eigenvalue weighted by Crippen LogP contribution is -1.98. The van der Waals surface area contributed by atoms with Crippen LogP contribution in [0, 0.1) is 13.8 Å². The summed E-state index contributed by atoms with van der Waals surface area (Å²) in [7, 11) is 0. The highest BCUT2D eigenvalue weighted by Crippen LogP contribution is 2.23. The minimum absolute atomic E-state index is 0.683. The van der Waals surface area contributed by atoms with E-state index in [4.69, 9.17) is 4.98 Å². The fourth-order valence-electron chi connectivity index (χ4n) is 3.02. The monoisotopic (exact) mass is 340 g/mol. The van der Waals surface area contributed by atoms with Crippen LogP contribution in [0.5, 0.6) is 0 Å². The normalized spacial score (nSPS) is 11.5. The molecule has 3 aromatic heterocycles. The van der Waals surface area contributed by atoms with E-state index < -0.39 is 0 Å². The van der Waals surface area contributed by atoms with Crippen molar-refractivity contribution < 1.29 is 0 Å². The molecule has 6 heteroatoms. The standard InChI is InChI=1S/C20H16N6/c1-13-3-7-15(8-4-13)18-23-20-17-11-22-26(16-9-5-14(2)6-10-16)19(17)21-12-25(20)24-18/h3-12H,1-2H3. The minimum atomic E-state index is 0.683. The van der Waals surface area contributed by atoms with Gasteiger partial charge in [0.25, 0.3) is 0 Å². The third-order valence-corrected chi connectivity index (χ3v) is 4.49. The van der Waals surface area contributed by atoms with Crippen LogP contribution in [0.2, 0.25) is 0 Å². The van der Waals surface area contributed by atoms with Gasteiger partial charge in [-0.1, -0.05) is 47.5 Å². The first-order valence-electron chi connectivity index (χ1n) is 8.42. The lowest BCUT2D eigenvalue weighted by molar-refractivity contribution is 0.882. The smallest absolute Gasteiger partial charge is 0.182 e. The molecule has 0 saturated carbocycles. The number of nitrogens with zero attached hydrogens (tertiary/aromatic N) is 6. The fraction of sp³-hybridized carbons (Fsp3) is 0.100. The molecule has 0 aliphatic carbocycles. The van der Waals surface area contributed by atoms with Crippen LogP contribution in [0.4, 0.5) is 0 Å². The molecule has 0 spiro atoms. The summed E-state index contributed by atoms with van der Waals surface area (Å²) in [6, 6.07) is 16.4. The second-order valence-corrected chi connectivity index (χ2v) is 6.44. The number of aryl methyl sites for hydroxylation is 2. The van der Waals surface area contributed by atoms with Gasteiger partial charge in [-0.2, -0.15) is 5.10 Å². The Morgan fingerprint density at radius 1 is 0.808 bits per heavy atom. The fourth-order valence-corrected chi connectivity index (χ4v) is 3.02. The Bertz CT molecular complexity index is 1230. The maximum Gasteiger partial charge on any atom is 0.182 e. The maximum atomic E-state index is 4.72. The first-order chi connectivity index (χ1) is 12.7. The highest BCUT2D eigenvalue weighted by Gasteiger charge is 2.14. The van der Waals surface area contributed by atoms with Gasteiger partial charge in [0.05, 0.1) is 17.3 Å². The van der Waals surface area contributed by atoms with Crippen molar-refractivity contribution in [3.05, 3.63) is 72.2 Å². The molecule has 0 atom stereocenters. The van der Waals surface area contributed by atoms with E-state index in [-0.39, 0.29) is 0 Å². The van der Waals surface area contributed by atoms with Gasteiger partial charge >= 0.3 is 0 Å². The zero-order chi connectivity index (χ0) is 17.7. The molecule has 0 saturated heterocycles. The molecule has 126 valence electrons. The predicted octanol–water partition coefficient (Wildman–Crippen LogP) is 3.75. The van der Waals surface area contributed by atoms with Crippen molar-refractivity contribution in [2.45, 2.75) is 13.8 Å². The number of aromatic nitrogens is 6.